The van der Waals surface area contributed by atoms with Gasteiger partial charge < -0.3 is 11.1 Å². The molecule has 1 amide bonds. The predicted octanol–water partition coefficient (Wildman–Crippen LogP) is 0.525. The van der Waals surface area contributed by atoms with Gasteiger partial charge in [-0.2, -0.15) is 5.10 Å². The van der Waals surface area contributed by atoms with Crippen LogP contribution in [0.3, 0.4) is 0 Å². The predicted molar refractivity (Wildman–Crippen MR) is 74.1 cm³/mol. The van der Waals surface area contributed by atoms with E-state index in [1.54, 1.807) is 16.8 Å². The molecule has 1 aromatic heterocycles. The number of hydrogen-bond acceptors (Lipinski definition) is 5. The first-order valence-corrected chi connectivity index (χ1v) is 6.44. The van der Waals surface area contributed by atoms with Crippen LogP contribution in [-0.4, -0.2) is 27.2 Å². The zero-order valence-corrected chi connectivity index (χ0v) is 11.1. The van der Waals surface area contributed by atoms with Crippen LogP contribution in [0.15, 0.2) is 24.3 Å². The number of nitrogens with two attached hydrogens (primary N) is 1. The molecule has 1 aliphatic heterocycles. The molecule has 0 saturated heterocycles. The second kappa shape index (κ2) is 4.98. The molecule has 3 rings (SSSR count). The summed E-state index contributed by atoms with van der Waals surface area (Å²) in [6.07, 6.45) is 0.715. The van der Waals surface area contributed by atoms with Gasteiger partial charge in [-0.15, -0.1) is 0 Å². The maximum atomic E-state index is 11.5. The van der Waals surface area contributed by atoms with E-state index in [4.69, 9.17) is 5.73 Å². The van der Waals surface area contributed by atoms with Gasteiger partial charge in [0.25, 0.3) is 11.6 Å². The van der Waals surface area contributed by atoms with Gasteiger partial charge in [0.2, 0.25) is 0 Å². The number of hydrogen-bond donors (Lipinski definition) is 2. The number of primary amides is 1. The lowest BCUT2D eigenvalue weighted by molar-refractivity contribution is -0.384. The highest BCUT2D eigenvalue weighted by Gasteiger charge is 2.24. The van der Waals surface area contributed by atoms with Gasteiger partial charge in [-0.05, 0) is 12.1 Å². The Morgan fingerprint density at radius 2 is 2.10 bits per heavy atom. The highest BCUT2D eigenvalue weighted by atomic mass is 16.6. The van der Waals surface area contributed by atoms with Crippen molar-refractivity contribution in [2.45, 2.75) is 13.0 Å². The van der Waals surface area contributed by atoms with Gasteiger partial charge in [0, 0.05) is 37.2 Å². The second-order valence-electron chi connectivity index (χ2n) is 4.75. The van der Waals surface area contributed by atoms with Gasteiger partial charge in [0.05, 0.1) is 16.3 Å². The van der Waals surface area contributed by atoms with Gasteiger partial charge in [0.1, 0.15) is 0 Å². The van der Waals surface area contributed by atoms with Crippen molar-refractivity contribution in [3.8, 4) is 5.69 Å². The number of aromatic nitrogens is 2. The Labute approximate surface area is 119 Å². The lowest BCUT2D eigenvalue weighted by atomic mass is 10.1. The monoisotopic (exact) mass is 287 g/mol. The van der Waals surface area contributed by atoms with Crippen molar-refractivity contribution in [3.05, 3.63) is 51.3 Å². The number of amides is 1. The van der Waals surface area contributed by atoms with Crippen LogP contribution in [0.5, 0.6) is 0 Å². The van der Waals surface area contributed by atoms with Crippen LogP contribution in [0, 0.1) is 10.1 Å². The normalized spacial score (nSPS) is 13.7. The number of rotatable bonds is 3. The van der Waals surface area contributed by atoms with Crippen LogP contribution in [-0.2, 0) is 13.0 Å². The highest BCUT2D eigenvalue weighted by molar-refractivity contribution is 5.92. The molecule has 2 heterocycles. The average Bonchev–Trinajstić information content (AvgIpc) is 2.87. The van der Waals surface area contributed by atoms with Crippen LogP contribution < -0.4 is 11.1 Å². The first kappa shape index (κ1) is 13.3. The molecule has 3 N–H and O–H groups in total. The molecule has 0 fully saturated rings. The summed E-state index contributed by atoms with van der Waals surface area (Å²) in [5.74, 6) is -0.574. The number of nitrogens with zero attached hydrogens (tertiary/aromatic N) is 3. The van der Waals surface area contributed by atoms with E-state index in [1.165, 1.54) is 12.1 Å². The molecule has 21 heavy (non-hydrogen) atoms. The fourth-order valence-corrected chi connectivity index (χ4v) is 2.48. The van der Waals surface area contributed by atoms with E-state index in [9.17, 15) is 14.9 Å². The summed E-state index contributed by atoms with van der Waals surface area (Å²) in [6, 6.07) is 6.04. The largest absolute Gasteiger partial charge is 0.364 e. The molecule has 0 radical (unpaired) electrons. The minimum atomic E-state index is -0.574. The van der Waals surface area contributed by atoms with Gasteiger partial charge >= 0.3 is 0 Å². The van der Waals surface area contributed by atoms with Crippen molar-refractivity contribution in [2.24, 2.45) is 5.73 Å². The minimum Gasteiger partial charge on any atom is -0.364 e. The highest BCUT2D eigenvalue weighted by Crippen LogP contribution is 2.23. The van der Waals surface area contributed by atoms with Crippen LogP contribution in [0.1, 0.15) is 21.7 Å². The molecule has 2 aromatic rings. The number of nitrogens with one attached hydrogen (secondary N) is 1. The molecule has 0 saturated carbocycles. The van der Waals surface area contributed by atoms with E-state index >= 15 is 0 Å². The van der Waals surface area contributed by atoms with Crippen molar-refractivity contribution in [3.63, 3.8) is 0 Å². The number of non-ortho nitro benzene ring substituents is 1. The van der Waals surface area contributed by atoms with Gasteiger partial charge in [0.15, 0.2) is 5.69 Å². The summed E-state index contributed by atoms with van der Waals surface area (Å²) in [4.78, 5) is 21.7. The number of nitro groups is 1. The third-order valence-electron chi connectivity index (χ3n) is 3.47. The Bertz CT molecular complexity index is 720. The molecule has 0 spiro atoms. The molecule has 1 aromatic carbocycles. The molecule has 0 unspecified atom stereocenters. The lowest BCUT2D eigenvalue weighted by Crippen LogP contribution is -2.26. The van der Waals surface area contributed by atoms with Gasteiger partial charge in [-0.1, -0.05) is 0 Å². The lowest BCUT2D eigenvalue weighted by Gasteiger charge is -2.15. The van der Waals surface area contributed by atoms with E-state index in [2.05, 4.69) is 10.4 Å². The molecule has 0 aliphatic carbocycles. The van der Waals surface area contributed by atoms with Crippen molar-refractivity contribution < 1.29 is 9.72 Å². The van der Waals surface area contributed by atoms with E-state index in [-0.39, 0.29) is 11.4 Å². The maximum absolute atomic E-state index is 11.5. The Hall–Kier alpha value is -2.74. The first-order valence-electron chi connectivity index (χ1n) is 6.44. The number of carbonyl (C=O) groups is 1. The third kappa shape index (κ3) is 2.25. The Balaban J connectivity index is 2.09. The summed E-state index contributed by atoms with van der Waals surface area (Å²) < 4.78 is 1.64. The van der Waals surface area contributed by atoms with E-state index in [1.807, 2.05) is 0 Å². The first-order chi connectivity index (χ1) is 10.1. The smallest absolute Gasteiger partial charge is 0.269 e. The number of benzene rings is 1. The summed E-state index contributed by atoms with van der Waals surface area (Å²) >= 11 is 0. The summed E-state index contributed by atoms with van der Waals surface area (Å²) in [7, 11) is 0. The van der Waals surface area contributed by atoms with E-state index in [0.29, 0.717) is 18.7 Å². The molecule has 8 nitrogen and oxygen atoms in total. The number of nitro benzene ring substituents is 1. The average molecular weight is 287 g/mol. The molecule has 108 valence electrons. The molecular weight excluding hydrogens is 274 g/mol. The fraction of sp³-hybridized carbons (Fsp3) is 0.231. The van der Waals surface area contributed by atoms with Crippen LogP contribution in [0.2, 0.25) is 0 Å². The zero-order chi connectivity index (χ0) is 15.0. The number of carbonyl (C=O) groups excluding carboxylic acids is 1. The van der Waals surface area contributed by atoms with E-state index in [0.717, 1.165) is 17.8 Å². The molecule has 0 bridgehead atoms. The molecule has 8 heteroatoms. The van der Waals surface area contributed by atoms with Gasteiger partial charge in [-0.25, -0.2) is 4.68 Å². The van der Waals surface area contributed by atoms with Gasteiger partial charge in [-0.3, -0.25) is 14.9 Å². The van der Waals surface area contributed by atoms with Crippen molar-refractivity contribution in [1.82, 2.24) is 15.1 Å². The van der Waals surface area contributed by atoms with E-state index < -0.39 is 10.8 Å². The van der Waals surface area contributed by atoms with Crippen LogP contribution in [0.4, 0.5) is 5.69 Å². The summed E-state index contributed by atoms with van der Waals surface area (Å²) in [5, 5.41) is 18.1. The summed E-state index contributed by atoms with van der Waals surface area (Å²) in [6.45, 7) is 1.32. The zero-order valence-electron chi connectivity index (χ0n) is 11.1. The van der Waals surface area contributed by atoms with Crippen molar-refractivity contribution in [1.29, 1.82) is 0 Å². The van der Waals surface area contributed by atoms with Crippen molar-refractivity contribution >= 4 is 11.6 Å². The summed E-state index contributed by atoms with van der Waals surface area (Å²) in [5.41, 5.74) is 8.00. The SMILES string of the molecule is NC(=O)c1nn(-c2ccc([N+](=O)[O-])cc2)c2c1CNCC2. The van der Waals surface area contributed by atoms with Crippen molar-refractivity contribution in [2.75, 3.05) is 6.54 Å². The quantitative estimate of drug-likeness (QED) is 0.630. The second-order valence-corrected chi connectivity index (χ2v) is 4.75. The standard InChI is InChI=1S/C13H13N5O3/c14-13(19)12-10-7-15-6-5-11(10)17(16-12)8-1-3-9(4-2-8)18(20)21/h1-4,15H,5-7H2,(H2,14,19). The third-order valence-corrected chi connectivity index (χ3v) is 3.47. The van der Waals surface area contributed by atoms with Crippen LogP contribution in [0.25, 0.3) is 5.69 Å². The fourth-order valence-electron chi connectivity index (χ4n) is 2.48. The molecular formula is C13H13N5O3. The Morgan fingerprint density at radius 1 is 1.38 bits per heavy atom. The van der Waals surface area contributed by atoms with Crippen LogP contribution >= 0.6 is 0 Å². The Kier molecular flexibility index (Phi) is 3.15. The molecule has 0 atom stereocenters. The number of fused-ring (bicyclic) bond motifs is 1. The molecule has 1 aliphatic rings. The topological polar surface area (TPSA) is 116 Å². The Morgan fingerprint density at radius 3 is 2.71 bits per heavy atom. The maximum Gasteiger partial charge on any atom is 0.269 e. The minimum absolute atomic E-state index is 0.0107.